The number of nitrogens with zero attached hydrogens (tertiary/aromatic N) is 1. The SMILES string of the molecule is CC1COCCN1C(=O)/C=C/c1ccc(C(F)(F)F)cc1. The van der Waals surface area contributed by atoms with Crippen molar-refractivity contribution in [2.24, 2.45) is 0 Å². The summed E-state index contributed by atoms with van der Waals surface area (Å²) in [7, 11) is 0. The molecule has 0 saturated carbocycles. The van der Waals surface area contributed by atoms with E-state index in [2.05, 4.69) is 0 Å². The molecular weight excluding hydrogens is 283 g/mol. The van der Waals surface area contributed by atoms with Gasteiger partial charge in [0.25, 0.3) is 0 Å². The first kappa shape index (κ1) is 15.6. The van der Waals surface area contributed by atoms with E-state index in [1.165, 1.54) is 24.3 Å². The molecule has 0 N–H and O–H groups in total. The maximum absolute atomic E-state index is 12.4. The van der Waals surface area contributed by atoms with Crippen LogP contribution in [0, 0.1) is 0 Å². The Kier molecular flexibility index (Phi) is 4.67. The molecule has 1 atom stereocenters. The number of rotatable bonds is 2. The molecular formula is C15H16F3NO2. The number of amides is 1. The highest BCUT2D eigenvalue weighted by atomic mass is 19.4. The van der Waals surface area contributed by atoms with Crippen LogP contribution in [0.3, 0.4) is 0 Å². The normalized spacial score (nSPS) is 20.0. The van der Waals surface area contributed by atoms with Crippen LogP contribution in [0.5, 0.6) is 0 Å². The maximum atomic E-state index is 12.4. The van der Waals surface area contributed by atoms with E-state index in [0.29, 0.717) is 25.3 Å². The third kappa shape index (κ3) is 4.07. The van der Waals surface area contributed by atoms with Crippen molar-refractivity contribution >= 4 is 12.0 Å². The number of morpholine rings is 1. The fraction of sp³-hybridized carbons (Fsp3) is 0.400. The molecule has 0 radical (unpaired) electrons. The van der Waals surface area contributed by atoms with Gasteiger partial charge >= 0.3 is 6.18 Å². The van der Waals surface area contributed by atoms with E-state index < -0.39 is 11.7 Å². The number of hydrogen-bond acceptors (Lipinski definition) is 2. The number of benzene rings is 1. The molecule has 2 rings (SSSR count). The van der Waals surface area contributed by atoms with Crippen molar-refractivity contribution < 1.29 is 22.7 Å². The molecule has 1 unspecified atom stereocenters. The Morgan fingerprint density at radius 3 is 2.57 bits per heavy atom. The topological polar surface area (TPSA) is 29.5 Å². The molecule has 1 saturated heterocycles. The van der Waals surface area contributed by atoms with Crippen LogP contribution in [0.1, 0.15) is 18.1 Å². The second kappa shape index (κ2) is 6.30. The Morgan fingerprint density at radius 2 is 2.00 bits per heavy atom. The Balaban J connectivity index is 2.02. The van der Waals surface area contributed by atoms with Crippen LogP contribution in [0.4, 0.5) is 13.2 Å². The maximum Gasteiger partial charge on any atom is 0.416 e. The molecule has 0 aliphatic carbocycles. The summed E-state index contributed by atoms with van der Waals surface area (Å²) in [6.45, 7) is 3.42. The van der Waals surface area contributed by atoms with Crippen molar-refractivity contribution in [2.45, 2.75) is 19.1 Å². The number of ether oxygens (including phenoxy) is 1. The molecule has 6 heteroatoms. The van der Waals surface area contributed by atoms with Gasteiger partial charge in [-0.05, 0) is 30.7 Å². The van der Waals surface area contributed by atoms with E-state index in [1.807, 2.05) is 6.92 Å². The van der Waals surface area contributed by atoms with Crippen molar-refractivity contribution in [3.05, 3.63) is 41.5 Å². The van der Waals surface area contributed by atoms with Crippen LogP contribution in [-0.2, 0) is 15.7 Å². The zero-order valence-electron chi connectivity index (χ0n) is 11.6. The molecule has 21 heavy (non-hydrogen) atoms. The number of halogens is 3. The molecule has 0 spiro atoms. The highest BCUT2D eigenvalue weighted by Crippen LogP contribution is 2.29. The van der Waals surface area contributed by atoms with E-state index in [-0.39, 0.29) is 11.9 Å². The van der Waals surface area contributed by atoms with E-state index in [0.717, 1.165) is 12.1 Å². The van der Waals surface area contributed by atoms with E-state index >= 15 is 0 Å². The van der Waals surface area contributed by atoms with Gasteiger partial charge in [0.1, 0.15) is 0 Å². The van der Waals surface area contributed by atoms with E-state index in [1.54, 1.807) is 4.90 Å². The first-order valence-electron chi connectivity index (χ1n) is 6.61. The van der Waals surface area contributed by atoms with Gasteiger partial charge in [-0.25, -0.2) is 0 Å². The summed E-state index contributed by atoms with van der Waals surface area (Å²) in [6, 6.07) is 4.69. The molecule has 1 fully saturated rings. The summed E-state index contributed by atoms with van der Waals surface area (Å²) < 4.78 is 42.5. The Morgan fingerprint density at radius 1 is 1.33 bits per heavy atom. The van der Waals surface area contributed by atoms with E-state index in [4.69, 9.17) is 4.74 Å². The molecule has 3 nitrogen and oxygen atoms in total. The van der Waals surface area contributed by atoms with Crippen molar-refractivity contribution in [2.75, 3.05) is 19.8 Å². The zero-order chi connectivity index (χ0) is 15.5. The molecule has 0 aromatic heterocycles. The average molecular weight is 299 g/mol. The minimum atomic E-state index is -4.35. The molecule has 1 aromatic carbocycles. The third-order valence-electron chi connectivity index (χ3n) is 3.31. The quantitative estimate of drug-likeness (QED) is 0.786. The monoisotopic (exact) mass is 299 g/mol. The molecule has 1 amide bonds. The first-order valence-corrected chi connectivity index (χ1v) is 6.61. The van der Waals surface area contributed by atoms with Crippen LogP contribution in [-0.4, -0.2) is 36.6 Å². The van der Waals surface area contributed by atoms with Crippen molar-refractivity contribution in [1.29, 1.82) is 0 Å². The molecule has 0 bridgehead atoms. The fourth-order valence-electron chi connectivity index (χ4n) is 2.10. The van der Waals surface area contributed by atoms with E-state index in [9.17, 15) is 18.0 Å². The van der Waals surface area contributed by atoms with Gasteiger partial charge in [-0.3, -0.25) is 4.79 Å². The van der Waals surface area contributed by atoms with Gasteiger partial charge in [-0.2, -0.15) is 13.2 Å². The predicted octanol–water partition coefficient (Wildman–Crippen LogP) is 2.97. The van der Waals surface area contributed by atoms with Crippen molar-refractivity contribution in [1.82, 2.24) is 4.90 Å². The van der Waals surface area contributed by atoms with Crippen LogP contribution >= 0.6 is 0 Å². The Bertz CT molecular complexity index is 523. The summed E-state index contributed by atoms with van der Waals surface area (Å²) >= 11 is 0. The highest BCUT2D eigenvalue weighted by molar-refractivity contribution is 5.92. The average Bonchev–Trinajstić information content (AvgIpc) is 2.45. The lowest BCUT2D eigenvalue weighted by Gasteiger charge is -2.32. The second-order valence-electron chi connectivity index (χ2n) is 4.91. The lowest BCUT2D eigenvalue weighted by molar-refractivity contribution is -0.137. The highest BCUT2D eigenvalue weighted by Gasteiger charge is 2.29. The summed E-state index contributed by atoms with van der Waals surface area (Å²) in [4.78, 5) is 13.7. The molecule has 1 aromatic rings. The smallest absolute Gasteiger partial charge is 0.377 e. The van der Waals surface area contributed by atoms with Gasteiger partial charge < -0.3 is 9.64 Å². The van der Waals surface area contributed by atoms with Crippen LogP contribution < -0.4 is 0 Å². The summed E-state index contributed by atoms with van der Waals surface area (Å²) in [5, 5.41) is 0. The first-order chi connectivity index (χ1) is 9.88. The van der Waals surface area contributed by atoms with Gasteiger partial charge in [0.05, 0.1) is 24.8 Å². The molecule has 1 aliphatic heterocycles. The van der Waals surface area contributed by atoms with Crippen LogP contribution in [0.2, 0.25) is 0 Å². The predicted molar refractivity (Wildman–Crippen MR) is 72.5 cm³/mol. The number of carbonyl (C=O) groups is 1. The van der Waals surface area contributed by atoms with Crippen LogP contribution in [0.25, 0.3) is 6.08 Å². The number of carbonyl (C=O) groups excluding carboxylic acids is 1. The lowest BCUT2D eigenvalue weighted by atomic mass is 10.1. The standard InChI is InChI=1S/C15H16F3NO2/c1-11-10-21-9-8-19(11)14(20)7-4-12-2-5-13(6-3-12)15(16,17)18/h2-7,11H,8-10H2,1H3/b7-4+. The number of hydrogen-bond donors (Lipinski definition) is 0. The third-order valence-corrected chi connectivity index (χ3v) is 3.31. The Hall–Kier alpha value is -1.82. The van der Waals surface area contributed by atoms with Gasteiger partial charge in [0.15, 0.2) is 0 Å². The fourth-order valence-corrected chi connectivity index (χ4v) is 2.10. The second-order valence-corrected chi connectivity index (χ2v) is 4.91. The minimum Gasteiger partial charge on any atom is -0.377 e. The molecule has 114 valence electrons. The van der Waals surface area contributed by atoms with Gasteiger partial charge in [-0.15, -0.1) is 0 Å². The van der Waals surface area contributed by atoms with Crippen molar-refractivity contribution in [3.8, 4) is 0 Å². The summed E-state index contributed by atoms with van der Waals surface area (Å²) in [5.41, 5.74) is -0.148. The Labute approximate surface area is 121 Å². The number of alkyl halides is 3. The zero-order valence-corrected chi connectivity index (χ0v) is 11.6. The molecule has 1 heterocycles. The van der Waals surface area contributed by atoms with Crippen molar-refractivity contribution in [3.63, 3.8) is 0 Å². The van der Waals surface area contributed by atoms with Gasteiger partial charge in [0, 0.05) is 12.6 Å². The van der Waals surface area contributed by atoms with Gasteiger partial charge in [-0.1, -0.05) is 12.1 Å². The molecule has 1 aliphatic rings. The lowest BCUT2D eigenvalue weighted by Crippen LogP contribution is -2.46. The summed E-state index contributed by atoms with van der Waals surface area (Å²) in [5.74, 6) is -0.161. The minimum absolute atomic E-state index is 0.00325. The largest absolute Gasteiger partial charge is 0.416 e. The van der Waals surface area contributed by atoms with Crippen LogP contribution in [0.15, 0.2) is 30.3 Å². The summed E-state index contributed by atoms with van der Waals surface area (Å²) in [6.07, 6.45) is -1.45. The van der Waals surface area contributed by atoms with Gasteiger partial charge in [0.2, 0.25) is 5.91 Å².